The monoisotopic (exact) mass is 214 g/mol. The molecule has 0 saturated heterocycles. The van der Waals surface area contributed by atoms with Crippen molar-refractivity contribution in [2.45, 2.75) is 58.9 Å². The number of nitrogens with one attached hydrogen (secondary N) is 1. The normalized spacial score (nSPS) is 13.4. The third kappa shape index (κ3) is 7.80. The Kier molecular flexibility index (Phi) is 10.4. The number of nitrogens with zero attached hydrogens (tertiary/aromatic N) is 1. The maximum atomic E-state index is 3.54. The summed E-state index contributed by atoms with van der Waals surface area (Å²) >= 11 is 0. The van der Waals surface area contributed by atoms with Crippen LogP contribution >= 0.6 is 0 Å². The van der Waals surface area contributed by atoms with E-state index in [0.29, 0.717) is 0 Å². The van der Waals surface area contributed by atoms with Gasteiger partial charge < -0.3 is 10.2 Å². The second-order valence-corrected chi connectivity index (χ2v) is 4.48. The van der Waals surface area contributed by atoms with Crippen LogP contribution < -0.4 is 5.32 Å². The third-order valence-corrected chi connectivity index (χ3v) is 2.92. The first-order chi connectivity index (χ1) is 7.26. The van der Waals surface area contributed by atoms with E-state index in [4.69, 9.17) is 0 Å². The van der Waals surface area contributed by atoms with Gasteiger partial charge in [0, 0.05) is 12.6 Å². The van der Waals surface area contributed by atoms with Gasteiger partial charge >= 0.3 is 0 Å². The summed E-state index contributed by atoms with van der Waals surface area (Å²) in [6.45, 7) is 10.3. The Morgan fingerprint density at radius 1 is 1.07 bits per heavy atom. The van der Waals surface area contributed by atoms with Gasteiger partial charge in [-0.1, -0.05) is 33.6 Å². The topological polar surface area (TPSA) is 15.3 Å². The van der Waals surface area contributed by atoms with E-state index in [1.807, 2.05) is 0 Å². The van der Waals surface area contributed by atoms with Gasteiger partial charge in [0.15, 0.2) is 0 Å². The third-order valence-electron chi connectivity index (χ3n) is 2.92. The van der Waals surface area contributed by atoms with Crippen molar-refractivity contribution in [1.29, 1.82) is 0 Å². The van der Waals surface area contributed by atoms with Crippen LogP contribution in [0.15, 0.2) is 0 Å². The number of hydrogen-bond donors (Lipinski definition) is 1. The summed E-state index contributed by atoms with van der Waals surface area (Å²) in [6, 6.07) is 0.730. The minimum Gasteiger partial charge on any atom is -0.315 e. The van der Waals surface area contributed by atoms with E-state index in [1.54, 1.807) is 0 Å². The van der Waals surface area contributed by atoms with Gasteiger partial charge in [0.05, 0.1) is 0 Å². The number of unbranched alkanes of at least 4 members (excludes halogenated alkanes) is 1. The van der Waals surface area contributed by atoms with E-state index in [9.17, 15) is 0 Å². The molecule has 0 aromatic heterocycles. The maximum absolute atomic E-state index is 3.54. The van der Waals surface area contributed by atoms with Crippen molar-refractivity contribution in [2.75, 3.05) is 26.7 Å². The fourth-order valence-electron chi connectivity index (χ4n) is 1.85. The van der Waals surface area contributed by atoms with Gasteiger partial charge in [-0.05, 0) is 39.4 Å². The standard InChI is InChI=1S/C13H30N2/c1-5-8-11-15(4)13(9-6-2)12-14-10-7-3/h13-14H,5-12H2,1-4H3. The summed E-state index contributed by atoms with van der Waals surface area (Å²) in [4.78, 5) is 2.52. The van der Waals surface area contributed by atoms with Crippen molar-refractivity contribution in [2.24, 2.45) is 0 Å². The van der Waals surface area contributed by atoms with Crippen LogP contribution in [0.2, 0.25) is 0 Å². The van der Waals surface area contributed by atoms with E-state index in [2.05, 4.69) is 38.0 Å². The van der Waals surface area contributed by atoms with Crippen LogP contribution in [-0.4, -0.2) is 37.6 Å². The lowest BCUT2D eigenvalue weighted by molar-refractivity contribution is 0.220. The largest absolute Gasteiger partial charge is 0.315 e. The predicted molar refractivity (Wildman–Crippen MR) is 69.4 cm³/mol. The maximum Gasteiger partial charge on any atom is 0.0217 e. The van der Waals surface area contributed by atoms with Gasteiger partial charge in [0.1, 0.15) is 0 Å². The molecule has 0 bridgehead atoms. The Morgan fingerprint density at radius 3 is 2.33 bits per heavy atom. The second kappa shape index (κ2) is 10.4. The number of rotatable bonds is 10. The minimum absolute atomic E-state index is 0.730. The zero-order valence-corrected chi connectivity index (χ0v) is 11.2. The van der Waals surface area contributed by atoms with Crippen molar-refractivity contribution >= 4 is 0 Å². The van der Waals surface area contributed by atoms with E-state index >= 15 is 0 Å². The van der Waals surface area contributed by atoms with Crippen molar-refractivity contribution in [3.05, 3.63) is 0 Å². The van der Waals surface area contributed by atoms with Gasteiger partial charge in [-0.15, -0.1) is 0 Å². The summed E-state index contributed by atoms with van der Waals surface area (Å²) in [7, 11) is 2.27. The SMILES string of the molecule is CCCCN(C)C(CCC)CNCCC. The molecule has 0 fully saturated rings. The minimum atomic E-state index is 0.730. The summed E-state index contributed by atoms with van der Waals surface area (Å²) in [6.07, 6.45) is 6.46. The molecular formula is C13H30N2. The lowest BCUT2D eigenvalue weighted by Gasteiger charge is -2.28. The lowest BCUT2D eigenvalue weighted by atomic mass is 10.1. The first-order valence-corrected chi connectivity index (χ1v) is 6.67. The molecule has 0 aliphatic carbocycles. The Hall–Kier alpha value is -0.0800. The summed E-state index contributed by atoms with van der Waals surface area (Å²) < 4.78 is 0. The molecule has 0 saturated carbocycles. The lowest BCUT2D eigenvalue weighted by Crippen LogP contribution is -2.40. The average Bonchev–Trinajstić information content (AvgIpc) is 2.25. The summed E-state index contributed by atoms with van der Waals surface area (Å²) in [5.74, 6) is 0. The van der Waals surface area contributed by atoms with E-state index in [0.717, 1.165) is 19.1 Å². The van der Waals surface area contributed by atoms with Crippen LogP contribution in [0.3, 0.4) is 0 Å². The first-order valence-electron chi connectivity index (χ1n) is 6.67. The van der Waals surface area contributed by atoms with Gasteiger partial charge in [0.25, 0.3) is 0 Å². The van der Waals surface area contributed by atoms with Crippen molar-refractivity contribution in [3.63, 3.8) is 0 Å². The quantitative estimate of drug-likeness (QED) is 0.563. The zero-order chi connectivity index (χ0) is 11.5. The highest BCUT2D eigenvalue weighted by Crippen LogP contribution is 2.05. The fraction of sp³-hybridized carbons (Fsp3) is 1.00. The Morgan fingerprint density at radius 2 is 1.80 bits per heavy atom. The van der Waals surface area contributed by atoms with Gasteiger partial charge in [-0.2, -0.15) is 0 Å². The van der Waals surface area contributed by atoms with Crippen LogP contribution in [-0.2, 0) is 0 Å². The molecule has 0 aliphatic rings. The van der Waals surface area contributed by atoms with Crippen molar-refractivity contribution in [1.82, 2.24) is 10.2 Å². The van der Waals surface area contributed by atoms with Gasteiger partial charge in [-0.3, -0.25) is 0 Å². The molecule has 15 heavy (non-hydrogen) atoms. The second-order valence-electron chi connectivity index (χ2n) is 4.48. The first kappa shape index (κ1) is 14.9. The molecule has 0 aromatic carbocycles. The average molecular weight is 214 g/mol. The number of hydrogen-bond acceptors (Lipinski definition) is 2. The Bertz CT molecular complexity index is 126. The Labute approximate surface area is 96.4 Å². The van der Waals surface area contributed by atoms with Gasteiger partial charge in [-0.25, -0.2) is 0 Å². The van der Waals surface area contributed by atoms with Crippen LogP contribution in [0.4, 0.5) is 0 Å². The van der Waals surface area contributed by atoms with E-state index in [-0.39, 0.29) is 0 Å². The molecule has 0 spiro atoms. The van der Waals surface area contributed by atoms with Crippen molar-refractivity contribution in [3.8, 4) is 0 Å². The molecule has 2 nitrogen and oxygen atoms in total. The number of likely N-dealkylation sites (N-methyl/N-ethyl adjacent to an activating group) is 1. The Balaban J connectivity index is 3.77. The van der Waals surface area contributed by atoms with Crippen LogP contribution in [0.5, 0.6) is 0 Å². The molecule has 2 heteroatoms. The highest BCUT2D eigenvalue weighted by molar-refractivity contribution is 4.71. The van der Waals surface area contributed by atoms with Gasteiger partial charge in [0.2, 0.25) is 0 Å². The molecule has 1 atom stereocenters. The highest BCUT2D eigenvalue weighted by atomic mass is 15.1. The molecule has 0 rings (SSSR count). The highest BCUT2D eigenvalue weighted by Gasteiger charge is 2.12. The van der Waals surface area contributed by atoms with Crippen LogP contribution in [0.1, 0.15) is 52.9 Å². The zero-order valence-electron chi connectivity index (χ0n) is 11.2. The van der Waals surface area contributed by atoms with E-state index in [1.165, 1.54) is 38.6 Å². The van der Waals surface area contributed by atoms with Crippen LogP contribution in [0.25, 0.3) is 0 Å². The molecule has 1 unspecified atom stereocenters. The molecular weight excluding hydrogens is 184 g/mol. The predicted octanol–water partition coefficient (Wildman–Crippen LogP) is 2.89. The van der Waals surface area contributed by atoms with E-state index < -0.39 is 0 Å². The summed E-state index contributed by atoms with van der Waals surface area (Å²) in [5, 5.41) is 3.54. The molecule has 1 N–H and O–H groups in total. The fourth-order valence-corrected chi connectivity index (χ4v) is 1.85. The van der Waals surface area contributed by atoms with Crippen LogP contribution in [0, 0.1) is 0 Å². The summed E-state index contributed by atoms with van der Waals surface area (Å²) in [5.41, 5.74) is 0. The molecule has 0 aliphatic heterocycles. The molecule has 92 valence electrons. The van der Waals surface area contributed by atoms with Crippen molar-refractivity contribution < 1.29 is 0 Å². The molecule has 0 amide bonds. The molecule has 0 aromatic rings. The molecule has 0 radical (unpaired) electrons. The smallest absolute Gasteiger partial charge is 0.0217 e. The molecule has 0 heterocycles.